The van der Waals surface area contributed by atoms with Gasteiger partial charge in [-0.15, -0.1) is 0 Å². The molecule has 1 saturated heterocycles. The van der Waals surface area contributed by atoms with Crippen molar-refractivity contribution in [2.45, 2.75) is 32.7 Å². The predicted molar refractivity (Wildman–Crippen MR) is 79.7 cm³/mol. The van der Waals surface area contributed by atoms with Gasteiger partial charge in [-0.2, -0.15) is 15.0 Å². The first-order valence-electron chi connectivity index (χ1n) is 6.94. The Bertz CT molecular complexity index is 537. The van der Waals surface area contributed by atoms with Crippen molar-refractivity contribution in [1.82, 2.24) is 19.9 Å². The van der Waals surface area contributed by atoms with E-state index in [-0.39, 0.29) is 17.2 Å². The van der Waals surface area contributed by atoms with Crippen molar-refractivity contribution in [3.63, 3.8) is 0 Å². The van der Waals surface area contributed by atoms with Crippen LogP contribution < -0.4 is 9.64 Å². The summed E-state index contributed by atoms with van der Waals surface area (Å²) < 4.78 is 5.41. The normalized spacial score (nSPS) is 18.0. The van der Waals surface area contributed by atoms with E-state index in [1.165, 1.54) is 0 Å². The minimum Gasteiger partial charge on any atom is -0.463 e. The minimum atomic E-state index is -0.736. The summed E-state index contributed by atoms with van der Waals surface area (Å²) in [6.45, 7) is 7.42. The van der Waals surface area contributed by atoms with E-state index in [9.17, 15) is 4.79 Å². The van der Waals surface area contributed by atoms with Crippen LogP contribution >= 0.6 is 11.6 Å². The van der Waals surface area contributed by atoms with Gasteiger partial charge in [0.25, 0.3) is 0 Å². The number of carbonyl (C=O) groups is 1. The van der Waals surface area contributed by atoms with Crippen molar-refractivity contribution in [2.75, 3.05) is 31.6 Å². The summed E-state index contributed by atoms with van der Waals surface area (Å²) in [5.41, 5.74) is -0.736. The lowest BCUT2D eigenvalue weighted by Crippen LogP contribution is -2.62. The maximum absolute atomic E-state index is 12.3. The summed E-state index contributed by atoms with van der Waals surface area (Å²) in [5, 5.41) is 0.0632. The Morgan fingerprint density at radius 1 is 1.29 bits per heavy atom. The average molecular weight is 314 g/mol. The molecule has 2 rings (SSSR count). The van der Waals surface area contributed by atoms with E-state index in [1.54, 1.807) is 11.9 Å². The first-order chi connectivity index (χ1) is 9.86. The number of carbonyl (C=O) groups excluding carboxylic acids is 1. The molecule has 1 aliphatic heterocycles. The zero-order chi connectivity index (χ0) is 15.6. The van der Waals surface area contributed by atoms with Gasteiger partial charge in [0.05, 0.1) is 6.61 Å². The maximum atomic E-state index is 12.3. The molecular weight excluding hydrogens is 294 g/mol. The lowest BCUT2D eigenvalue weighted by atomic mass is 9.98. The molecule has 1 aromatic rings. The second-order valence-corrected chi connectivity index (χ2v) is 5.81. The van der Waals surface area contributed by atoms with Crippen LogP contribution in [0.5, 0.6) is 6.01 Å². The molecular formula is C13H20ClN5O2. The highest BCUT2D eigenvalue weighted by Crippen LogP contribution is 2.27. The largest absolute Gasteiger partial charge is 0.463 e. The smallest absolute Gasteiger partial charge is 0.322 e. The molecule has 116 valence electrons. The molecule has 8 heteroatoms. The van der Waals surface area contributed by atoms with Gasteiger partial charge in [-0.25, -0.2) is 0 Å². The van der Waals surface area contributed by atoms with Gasteiger partial charge in [-0.3, -0.25) is 4.79 Å². The number of likely N-dealkylation sites (N-methyl/N-ethyl adjacent to an activating group) is 1. The Kier molecular flexibility index (Phi) is 4.51. The molecule has 1 aliphatic rings. The Hall–Kier alpha value is -1.63. The fraction of sp³-hybridized carbons (Fsp3) is 0.692. The number of nitrogens with zero attached hydrogens (tertiary/aromatic N) is 5. The summed E-state index contributed by atoms with van der Waals surface area (Å²) in [6, 6.07) is 0.189. The van der Waals surface area contributed by atoms with Crippen molar-refractivity contribution >= 4 is 23.5 Å². The molecule has 7 nitrogen and oxygen atoms in total. The molecule has 0 N–H and O–H groups in total. The summed E-state index contributed by atoms with van der Waals surface area (Å²) in [5.74, 6) is 0.383. The van der Waals surface area contributed by atoms with Crippen molar-refractivity contribution in [2.24, 2.45) is 0 Å². The number of ether oxygens (including phenoxy) is 1. The van der Waals surface area contributed by atoms with E-state index in [4.69, 9.17) is 16.3 Å². The topological polar surface area (TPSA) is 71.5 Å². The van der Waals surface area contributed by atoms with Crippen LogP contribution in [-0.4, -0.2) is 58.0 Å². The zero-order valence-electron chi connectivity index (χ0n) is 12.8. The highest BCUT2D eigenvalue weighted by Gasteiger charge is 2.42. The van der Waals surface area contributed by atoms with Crippen molar-refractivity contribution in [3.8, 4) is 6.01 Å². The molecule has 0 atom stereocenters. The molecule has 1 aromatic heterocycles. The van der Waals surface area contributed by atoms with Gasteiger partial charge in [0.2, 0.25) is 17.1 Å². The number of anilines is 1. The van der Waals surface area contributed by atoms with Gasteiger partial charge < -0.3 is 14.5 Å². The van der Waals surface area contributed by atoms with Crippen LogP contribution in [-0.2, 0) is 4.79 Å². The second-order valence-electron chi connectivity index (χ2n) is 5.47. The highest BCUT2D eigenvalue weighted by atomic mass is 35.5. The Morgan fingerprint density at radius 3 is 2.67 bits per heavy atom. The first-order valence-corrected chi connectivity index (χ1v) is 7.31. The predicted octanol–water partition coefficient (Wildman–Crippen LogP) is 1.37. The molecule has 21 heavy (non-hydrogen) atoms. The van der Waals surface area contributed by atoms with Crippen LogP contribution in [0.1, 0.15) is 27.2 Å². The molecule has 1 fully saturated rings. The lowest BCUT2D eigenvalue weighted by Gasteiger charge is -2.44. The number of halogens is 1. The SMILES string of the molecule is CCCOc1nc(Cl)nc(N2CCN(C)C(=O)C2(C)C)n1. The second kappa shape index (κ2) is 6.01. The van der Waals surface area contributed by atoms with Gasteiger partial charge in [0.1, 0.15) is 5.54 Å². The van der Waals surface area contributed by atoms with Crippen LogP contribution in [0.4, 0.5) is 5.95 Å². The molecule has 2 heterocycles. The van der Waals surface area contributed by atoms with E-state index >= 15 is 0 Å². The number of aromatic nitrogens is 3. The van der Waals surface area contributed by atoms with Crippen molar-refractivity contribution in [1.29, 1.82) is 0 Å². The number of hydrogen-bond donors (Lipinski definition) is 0. The molecule has 0 bridgehead atoms. The van der Waals surface area contributed by atoms with E-state index < -0.39 is 5.54 Å². The summed E-state index contributed by atoms with van der Waals surface area (Å²) in [4.78, 5) is 28.2. The Labute approximate surface area is 129 Å². The number of piperazine rings is 1. The van der Waals surface area contributed by atoms with E-state index in [2.05, 4.69) is 15.0 Å². The number of hydrogen-bond acceptors (Lipinski definition) is 6. The Morgan fingerprint density at radius 2 is 2.00 bits per heavy atom. The number of rotatable bonds is 4. The molecule has 0 aliphatic carbocycles. The van der Waals surface area contributed by atoms with Crippen LogP contribution in [0.15, 0.2) is 0 Å². The Balaban J connectivity index is 2.32. The van der Waals surface area contributed by atoms with Crippen molar-refractivity contribution in [3.05, 3.63) is 5.28 Å². The third-order valence-corrected chi connectivity index (χ3v) is 3.63. The molecule has 0 aromatic carbocycles. The molecule has 0 spiro atoms. The summed E-state index contributed by atoms with van der Waals surface area (Å²) in [6.07, 6.45) is 0.844. The third kappa shape index (κ3) is 3.18. The zero-order valence-corrected chi connectivity index (χ0v) is 13.5. The lowest BCUT2D eigenvalue weighted by molar-refractivity contribution is -0.136. The fourth-order valence-corrected chi connectivity index (χ4v) is 2.41. The molecule has 1 amide bonds. The highest BCUT2D eigenvalue weighted by molar-refractivity contribution is 6.28. The first kappa shape index (κ1) is 15.8. The molecule has 0 saturated carbocycles. The van der Waals surface area contributed by atoms with Gasteiger partial charge in [-0.05, 0) is 31.9 Å². The van der Waals surface area contributed by atoms with Gasteiger partial charge in [0.15, 0.2) is 0 Å². The van der Waals surface area contributed by atoms with Crippen LogP contribution in [0.3, 0.4) is 0 Å². The van der Waals surface area contributed by atoms with E-state index in [0.717, 1.165) is 6.42 Å². The minimum absolute atomic E-state index is 0.0151. The van der Waals surface area contributed by atoms with Crippen LogP contribution in [0.25, 0.3) is 0 Å². The monoisotopic (exact) mass is 313 g/mol. The maximum Gasteiger partial charge on any atom is 0.322 e. The van der Waals surface area contributed by atoms with Crippen LogP contribution in [0, 0.1) is 0 Å². The van der Waals surface area contributed by atoms with Gasteiger partial charge >= 0.3 is 6.01 Å². The van der Waals surface area contributed by atoms with Crippen molar-refractivity contribution < 1.29 is 9.53 Å². The third-order valence-electron chi connectivity index (χ3n) is 3.46. The standard InChI is InChI=1S/C13H20ClN5O2/c1-5-8-21-12-16-10(14)15-11(17-12)19-7-6-18(4)9(20)13(19,2)3/h5-8H2,1-4H3. The molecule has 0 unspecified atom stereocenters. The molecule has 0 radical (unpaired) electrons. The fourth-order valence-electron chi connectivity index (χ4n) is 2.26. The van der Waals surface area contributed by atoms with E-state index in [1.807, 2.05) is 25.7 Å². The van der Waals surface area contributed by atoms with E-state index in [0.29, 0.717) is 25.6 Å². The summed E-state index contributed by atoms with van der Waals surface area (Å²) >= 11 is 5.94. The van der Waals surface area contributed by atoms with Crippen LogP contribution in [0.2, 0.25) is 5.28 Å². The summed E-state index contributed by atoms with van der Waals surface area (Å²) in [7, 11) is 1.79. The average Bonchev–Trinajstić information content (AvgIpc) is 2.42. The van der Waals surface area contributed by atoms with Gasteiger partial charge in [0, 0.05) is 20.1 Å². The number of amides is 1. The quantitative estimate of drug-likeness (QED) is 0.836. The van der Waals surface area contributed by atoms with Gasteiger partial charge in [-0.1, -0.05) is 6.92 Å².